The first-order valence-electron chi connectivity index (χ1n) is 13.6. The molecule has 4 aliphatic rings. The largest absolute Gasteiger partial charge is 0.319 e. The van der Waals surface area contributed by atoms with Gasteiger partial charge in [0.15, 0.2) is 0 Å². The number of likely N-dealkylation sites (tertiary alicyclic amines) is 1. The van der Waals surface area contributed by atoms with E-state index in [-0.39, 0.29) is 5.41 Å². The highest BCUT2D eigenvalue weighted by Gasteiger charge is 2.61. The number of amides is 1. The van der Waals surface area contributed by atoms with Crippen molar-refractivity contribution in [2.24, 2.45) is 52.3 Å². The molecule has 1 aliphatic heterocycles. The Labute approximate surface area is 192 Å². The third-order valence-electron chi connectivity index (χ3n) is 10.9. The summed E-state index contributed by atoms with van der Waals surface area (Å²) in [7, 11) is 2.04. The molecule has 0 radical (unpaired) electrons. The Bertz CT molecular complexity index is 710. The van der Waals surface area contributed by atoms with Gasteiger partial charge in [-0.3, -0.25) is 4.79 Å². The molecule has 1 heterocycles. The number of allylic oxidation sites excluding steroid dienone is 2. The maximum atomic E-state index is 12.5. The molecule has 7 unspecified atom stereocenters. The summed E-state index contributed by atoms with van der Waals surface area (Å²) in [5.41, 5.74) is 2.11. The summed E-state index contributed by atoms with van der Waals surface area (Å²) < 4.78 is 0. The quantitative estimate of drug-likeness (QED) is 0.425. The third-order valence-corrected chi connectivity index (χ3v) is 10.9. The summed E-state index contributed by atoms with van der Waals surface area (Å²) in [6, 6.07) is 0. The van der Waals surface area contributed by atoms with Gasteiger partial charge in [-0.05, 0) is 85.4 Å². The van der Waals surface area contributed by atoms with Gasteiger partial charge in [-0.2, -0.15) is 0 Å². The molecule has 3 aliphatic carbocycles. The smallest absolute Gasteiger partial charge is 0.226 e. The lowest BCUT2D eigenvalue weighted by atomic mass is 9.46. The molecule has 2 nitrogen and oxygen atoms in total. The molecular formula is C29H49NO. The Morgan fingerprint density at radius 2 is 1.81 bits per heavy atom. The van der Waals surface area contributed by atoms with E-state index < -0.39 is 0 Å². The molecule has 0 aromatic carbocycles. The van der Waals surface area contributed by atoms with Crippen LogP contribution in [0.15, 0.2) is 11.8 Å². The molecule has 3 fully saturated rings. The Kier molecular flexibility index (Phi) is 6.43. The minimum absolute atomic E-state index is 0.210. The Morgan fingerprint density at radius 1 is 1.06 bits per heavy atom. The number of piperidine rings is 1. The van der Waals surface area contributed by atoms with Gasteiger partial charge in [0.05, 0.1) is 0 Å². The molecule has 2 heteroatoms. The van der Waals surface area contributed by atoms with E-state index >= 15 is 0 Å². The van der Waals surface area contributed by atoms with E-state index in [1.807, 2.05) is 11.9 Å². The van der Waals surface area contributed by atoms with Gasteiger partial charge < -0.3 is 4.90 Å². The molecule has 1 amide bonds. The summed E-state index contributed by atoms with van der Waals surface area (Å²) in [6.07, 6.45) is 15.5. The van der Waals surface area contributed by atoms with Gasteiger partial charge in [-0.15, -0.1) is 0 Å². The summed E-state index contributed by atoms with van der Waals surface area (Å²) in [6.45, 7) is 14.9. The Hall–Kier alpha value is -0.790. The predicted octanol–water partition coefficient (Wildman–Crippen LogP) is 7.69. The molecule has 8 atom stereocenters. The van der Waals surface area contributed by atoms with Crippen LogP contribution in [0, 0.1) is 52.3 Å². The van der Waals surface area contributed by atoms with Crippen LogP contribution in [0.4, 0.5) is 0 Å². The van der Waals surface area contributed by atoms with E-state index in [0.717, 1.165) is 48.3 Å². The van der Waals surface area contributed by atoms with Crippen LogP contribution in [0.3, 0.4) is 0 Å². The molecule has 31 heavy (non-hydrogen) atoms. The van der Waals surface area contributed by atoms with Crippen LogP contribution in [-0.2, 0) is 4.79 Å². The monoisotopic (exact) mass is 427 g/mol. The number of nitrogens with zero attached hydrogens (tertiary/aromatic N) is 1. The molecule has 0 N–H and O–H groups in total. The van der Waals surface area contributed by atoms with E-state index in [4.69, 9.17) is 0 Å². The van der Waals surface area contributed by atoms with Crippen molar-refractivity contribution >= 4 is 5.91 Å². The molecule has 0 aromatic heterocycles. The number of hydrogen-bond acceptors (Lipinski definition) is 1. The fourth-order valence-electron chi connectivity index (χ4n) is 9.12. The maximum absolute atomic E-state index is 12.5. The molecular weight excluding hydrogens is 378 g/mol. The van der Waals surface area contributed by atoms with Crippen LogP contribution in [0.1, 0.15) is 106 Å². The van der Waals surface area contributed by atoms with E-state index in [0.29, 0.717) is 17.2 Å². The van der Waals surface area contributed by atoms with Gasteiger partial charge in [-0.1, -0.05) is 66.9 Å². The molecule has 176 valence electrons. The van der Waals surface area contributed by atoms with Crippen LogP contribution in [0.5, 0.6) is 0 Å². The highest BCUT2D eigenvalue weighted by molar-refractivity contribution is 5.79. The number of carbonyl (C=O) groups excluding carboxylic acids is 1. The Balaban J connectivity index is 1.60. The van der Waals surface area contributed by atoms with Crippen LogP contribution < -0.4 is 0 Å². The molecule has 1 saturated heterocycles. The predicted molar refractivity (Wildman–Crippen MR) is 130 cm³/mol. The lowest BCUT2D eigenvalue weighted by Gasteiger charge is -2.60. The first-order valence-corrected chi connectivity index (χ1v) is 13.6. The summed E-state index contributed by atoms with van der Waals surface area (Å²) >= 11 is 0. The number of fused-ring (bicyclic) bond motifs is 5. The summed E-state index contributed by atoms with van der Waals surface area (Å²) in [5, 5.41) is 0. The fourth-order valence-corrected chi connectivity index (χ4v) is 9.12. The zero-order valence-corrected chi connectivity index (χ0v) is 21.5. The molecule has 2 saturated carbocycles. The minimum Gasteiger partial charge on any atom is -0.319 e. The highest BCUT2D eigenvalue weighted by Crippen LogP contribution is 2.68. The van der Waals surface area contributed by atoms with Crippen LogP contribution in [0.25, 0.3) is 0 Å². The molecule has 4 rings (SSSR count). The van der Waals surface area contributed by atoms with E-state index in [2.05, 4.69) is 47.6 Å². The average Bonchev–Trinajstić information content (AvgIpc) is 3.08. The zero-order valence-electron chi connectivity index (χ0n) is 21.5. The topological polar surface area (TPSA) is 20.3 Å². The number of carbonyl (C=O) groups is 1. The second kappa shape index (κ2) is 8.53. The first kappa shape index (κ1) is 23.4. The second-order valence-electron chi connectivity index (χ2n) is 12.8. The van der Waals surface area contributed by atoms with Crippen molar-refractivity contribution in [1.82, 2.24) is 4.90 Å². The lowest BCUT2D eigenvalue weighted by molar-refractivity contribution is -0.137. The van der Waals surface area contributed by atoms with Gasteiger partial charge in [-0.25, -0.2) is 0 Å². The zero-order chi connectivity index (χ0) is 22.6. The second-order valence-corrected chi connectivity index (χ2v) is 12.8. The van der Waals surface area contributed by atoms with Crippen molar-refractivity contribution in [2.75, 3.05) is 7.05 Å². The lowest BCUT2D eigenvalue weighted by Crippen LogP contribution is -2.56. The van der Waals surface area contributed by atoms with Gasteiger partial charge in [0, 0.05) is 24.6 Å². The number of hydrogen-bond donors (Lipinski definition) is 0. The van der Waals surface area contributed by atoms with Crippen molar-refractivity contribution < 1.29 is 4.79 Å². The van der Waals surface area contributed by atoms with Crippen molar-refractivity contribution in [1.29, 1.82) is 0 Å². The van der Waals surface area contributed by atoms with Gasteiger partial charge >= 0.3 is 0 Å². The maximum Gasteiger partial charge on any atom is 0.226 e. The molecule has 0 bridgehead atoms. The van der Waals surface area contributed by atoms with Gasteiger partial charge in [0.2, 0.25) is 5.91 Å². The SMILES string of the molecule is CCC1C=C2N(C)C(=O)CCC2(C)C2CC[C@]3(C)C(C(C)CCCC(C)C)CCC3C12. The van der Waals surface area contributed by atoms with Gasteiger partial charge in [0.25, 0.3) is 0 Å². The molecule has 0 aromatic rings. The first-order chi connectivity index (χ1) is 14.6. The van der Waals surface area contributed by atoms with Crippen molar-refractivity contribution in [3.63, 3.8) is 0 Å². The van der Waals surface area contributed by atoms with E-state index in [1.165, 1.54) is 57.1 Å². The minimum atomic E-state index is 0.210. The van der Waals surface area contributed by atoms with E-state index in [1.54, 1.807) is 0 Å². The highest BCUT2D eigenvalue weighted by atomic mass is 16.2. The van der Waals surface area contributed by atoms with Gasteiger partial charge in [0.1, 0.15) is 0 Å². The number of rotatable bonds is 6. The third kappa shape index (κ3) is 3.72. The van der Waals surface area contributed by atoms with Crippen LogP contribution in [-0.4, -0.2) is 17.9 Å². The normalized spacial score (nSPS) is 43.4. The summed E-state index contributed by atoms with van der Waals surface area (Å²) in [4.78, 5) is 14.5. The van der Waals surface area contributed by atoms with Crippen molar-refractivity contribution in [2.45, 2.75) is 106 Å². The summed E-state index contributed by atoms with van der Waals surface area (Å²) in [5.74, 6) is 6.07. The van der Waals surface area contributed by atoms with Crippen LogP contribution >= 0.6 is 0 Å². The van der Waals surface area contributed by atoms with Crippen molar-refractivity contribution in [3.8, 4) is 0 Å². The van der Waals surface area contributed by atoms with E-state index in [9.17, 15) is 4.79 Å². The average molecular weight is 428 g/mol. The fraction of sp³-hybridized carbons (Fsp3) is 0.897. The molecule has 0 spiro atoms. The standard InChI is InChI=1S/C29H49NO/c1-8-21-18-25-29(6,17-15-26(31)30(25)7)24-14-16-28(5)22(12-13-23(28)27(21)24)20(4)11-9-10-19(2)3/h18-24,27H,8-17H2,1-7H3/t20?,21?,22?,23?,24?,27?,28-,29?/m1/s1. The van der Waals surface area contributed by atoms with Crippen molar-refractivity contribution in [3.05, 3.63) is 11.8 Å². The van der Waals surface area contributed by atoms with Crippen LogP contribution in [0.2, 0.25) is 0 Å². The Morgan fingerprint density at radius 3 is 2.48 bits per heavy atom.